The number of nitrogens with one attached hydrogen (secondary N) is 1. The second kappa shape index (κ2) is 7.53. The molecule has 0 radical (unpaired) electrons. The lowest BCUT2D eigenvalue weighted by Crippen LogP contribution is -2.36. The fourth-order valence-corrected chi connectivity index (χ4v) is 3.17. The predicted octanol–water partition coefficient (Wildman–Crippen LogP) is 0.941. The molecule has 1 aromatic rings. The van der Waals surface area contributed by atoms with Gasteiger partial charge in [-0.2, -0.15) is 4.98 Å². The number of rotatable bonds is 6. The van der Waals surface area contributed by atoms with Gasteiger partial charge >= 0.3 is 5.69 Å². The Hall–Kier alpha value is -2.29. The van der Waals surface area contributed by atoms with Crippen LogP contribution in [0.25, 0.3) is 22.6 Å². The van der Waals surface area contributed by atoms with Crippen LogP contribution in [0.1, 0.15) is 13.8 Å². The Bertz CT molecular complexity index is 1010. The van der Waals surface area contributed by atoms with Crippen molar-refractivity contribution in [3.63, 3.8) is 0 Å². The second-order valence-electron chi connectivity index (χ2n) is 6.04. The van der Waals surface area contributed by atoms with Crippen molar-refractivity contribution in [3.8, 4) is 11.5 Å². The van der Waals surface area contributed by atoms with Gasteiger partial charge < -0.3 is 14.6 Å². The molecule has 1 aromatic carbocycles. The molecule has 0 aliphatic carbocycles. The first-order chi connectivity index (χ1) is 12.4. The first-order valence-electron chi connectivity index (χ1n) is 8.43. The van der Waals surface area contributed by atoms with E-state index >= 15 is 0 Å². The van der Waals surface area contributed by atoms with Crippen LogP contribution in [0.4, 0.5) is 0 Å². The molecule has 0 aromatic heterocycles. The molecule has 2 aliphatic rings. The molecule has 2 aliphatic heterocycles. The van der Waals surface area contributed by atoms with Crippen LogP contribution in [0, 0.1) is 0 Å². The van der Waals surface area contributed by atoms with E-state index in [1.54, 1.807) is 22.8 Å². The summed E-state index contributed by atoms with van der Waals surface area (Å²) in [5.74, 6) is 0.146. The molecule has 0 saturated carbocycles. The fourth-order valence-electron chi connectivity index (χ4n) is 3.01. The molecule has 3 rings (SSSR count). The predicted molar refractivity (Wildman–Crippen MR) is 99.8 cm³/mol. The van der Waals surface area contributed by atoms with Crippen molar-refractivity contribution in [1.82, 2.24) is 24.4 Å². The highest BCUT2D eigenvalue weighted by molar-refractivity contribution is 6.31. The van der Waals surface area contributed by atoms with E-state index < -0.39 is 17.4 Å². The standard InChI is InChI=1S/C17H20ClN5O3/c1-3-22(4-2)8-11(24)9-23-13-6-5-10(18)7-12(13)19-14-15(23)20-17(26)21-16(14)25/h5-7,11,24H,3-4,8-9H2,1-2H3,(H,21,25,26). The Labute approximate surface area is 154 Å². The second-order valence-corrected chi connectivity index (χ2v) is 6.47. The van der Waals surface area contributed by atoms with Crippen LogP contribution in [0.5, 0.6) is 0 Å². The minimum absolute atomic E-state index is 0.0365. The zero-order valence-electron chi connectivity index (χ0n) is 14.6. The average molecular weight is 378 g/mol. The number of hydrogen-bond donors (Lipinski definition) is 2. The maximum Gasteiger partial charge on any atom is 0.349 e. The number of aromatic nitrogens is 4. The van der Waals surface area contributed by atoms with E-state index in [4.69, 9.17) is 11.6 Å². The lowest BCUT2D eigenvalue weighted by Gasteiger charge is -2.24. The van der Waals surface area contributed by atoms with E-state index in [1.807, 2.05) is 13.8 Å². The van der Waals surface area contributed by atoms with Crippen molar-refractivity contribution in [2.24, 2.45) is 0 Å². The summed E-state index contributed by atoms with van der Waals surface area (Å²) in [6.07, 6.45) is -0.708. The summed E-state index contributed by atoms with van der Waals surface area (Å²) in [6, 6.07) is 5.06. The third kappa shape index (κ3) is 3.62. The van der Waals surface area contributed by atoms with Crippen molar-refractivity contribution in [2.75, 3.05) is 19.6 Å². The number of aromatic amines is 1. The molecule has 0 saturated heterocycles. The Morgan fingerprint density at radius 2 is 2.00 bits per heavy atom. The summed E-state index contributed by atoms with van der Waals surface area (Å²) in [6.45, 7) is 6.30. The summed E-state index contributed by atoms with van der Waals surface area (Å²) in [4.78, 5) is 36.3. The van der Waals surface area contributed by atoms with E-state index in [2.05, 4.69) is 19.9 Å². The average Bonchev–Trinajstić information content (AvgIpc) is 2.60. The Balaban J connectivity index is 2.17. The summed E-state index contributed by atoms with van der Waals surface area (Å²) < 4.78 is 1.65. The monoisotopic (exact) mass is 377 g/mol. The molecule has 2 N–H and O–H groups in total. The van der Waals surface area contributed by atoms with Gasteiger partial charge in [-0.05, 0) is 31.3 Å². The number of nitrogens with zero attached hydrogens (tertiary/aromatic N) is 4. The molecular weight excluding hydrogens is 358 g/mol. The van der Waals surface area contributed by atoms with Gasteiger partial charge in [0.15, 0.2) is 11.5 Å². The molecule has 0 amide bonds. The molecule has 8 nitrogen and oxygen atoms in total. The summed E-state index contributed by atoms with van der Waals surface area (Å²) in [7, 11) is 0. The summed E-state index contributed by atoms with van der Waals surface area (Å²) in [5.41, 5.74) is -0.197. The van der Waals surface area contributed by atoms with Crippen LogP contribution in [0.3, 0.4) is 0 Å². The zero-order valence-corrected chi connectivity index (χ0v) is 15.3. The summed E-state index contributed by atoms with van der Waals surface area (Å²) in [5, 5.41) is 11.0. The molecule has 0 bridgehead atoms. The molecule has 1 unspecified atom stereocenters. The van der Waals surface area contributed by atoms with Crippen molar-refractivity contribution in [2.45, 2.75) is 26.5 Å². The molecule has 0 fully saturated rings. The highest BCUT2D eigenvalue weighted by atomic mass is 35.5. The lowest BCUT2D eigenvalue weighted by molar-refractivity contribution is 0.104. The smallest absolute Gasteiger partial charge is 0.349 e. The highest BCUT2D eigenvalue weighted by Crippen LogP contribution is 2.23. The molecule has 9 heteroatoms. The molecule has 138 valence electrons. The number of hydrogen-bond acceptors (Lipinski definition) is 6. The number of aliphatic hydroxyl groups is 1. The van der Waals surface area contributed by atoms with E-state index in [0.717, 1.165) is 13.1 Å². The van der Waals surface area contributed by atoms with Crippen LogP contribution >= 0.6 is 11.6 Å². The van der Waals surface area contributed by atoms with E-state index in [-0.39, 0.29) is 18.1 Å². The SMILES string of the molecule is CCN(CC)CC(O)Cn1c2nc(=O)[nH]c(=O)c-2nc2cc(Cl)ccc21. The van der Waals surface area contributed by atoms with Crippen molar-refractivity contribution in [1.29, 1.82) is 0 Å². The third-order valence-corrected chi connectivity index (χ3v) is 4.56. The van der Waals surface area contributed by atoms with Gasteiger partial charge in [-0.15, -0.1) is 0 Å². The van der Waals surface area contributed by atoms with E-state index in [0.29, 0.717) is 22.6 Å². The lowest BCUT2D eigenvalue weighted by atomic mass is 10.2. The van der Waals surface area contributed by atoms with Crippen molar-refractivity contribution < 1.29 is 5.11 Å². The highest BCUT2D eigenvalue weighted by Gasteiger charge is 2.21. The van der Waals surface area contributed by atoms with Crippen LogP contribution in [0.2, 0.25) is 5.02 Å². The van der Waals surface area contributed by atoms with E-state index in [9.17, 15) is 14.7 Å². The van der Waals surface area contributed by atoms with Crippen LogP contribution in [-0.2, 0) is 6.54 Å². The van der Waals surface area contributed by atoms with Crippen LogP contribution in [0.15, 0.2) is 27.8 Å². The van der Waals surface area contributed by atoms with Crippen LogP contribution in [-0.4, -0.2) is 55.3 Å². The first-order valence-corrected chi connectivity index (χ1v) is 8.81. The van der Waals surface area contributed by atoms with Gasteiger partial charge in [0.1, 0.15) is 0 Å². The van der Waals surface area contributed by atoms with Gasteiger partial charge in [0.2, 0.25) is 0 Å². The number of benzene rings is 1. The summed E-state index contributed by atoms with van der Waals surface area (Å²) >= 11 is 6.04. The quantitative estimate of drug-likeness (QED) is 0.619. The normalized spacial score (nSPS) is 13.0. The Morgan fingerprint density at radius 3 is 2.69 bits per heavy atom. The maximum absolute atomic E-state index is 12.2. The fraction of sp³-hybridized carbons (Fsp3) is 0.412. The topological polar surface area (TPSA) is 104 Å². The minimum Gasteiger partial charge on any atom is -0.390 e. The van der Waals surface area contributed by atoms with Gasteiger partial charge in [0, 0.05) is 11.6 Å². The Morgan fingerprint density at radius 1 is 1.27 bits per heavy atom. The molecular formula is C17H20ClN5O3. The van der Waals surface area contributed by atoms with Crippen molar-refractivity contribution >= 4 is 22.6 Å². The van der Waals surface area contributed by atoms with E-state index in [1.165, 1.54) is 0 Å². The first kappa shape index (κ1) is 18.5. The number of H-pyrrole nitrogens is 1. The number of fused-ring (bicyclic) bond motifs is 2. The van der Waals surface area contributed by atoms with Gasteiger partial charge in [-0.3, -0.25) is 9.78 Å². The minimum atomic E-state index is -0.746. The van der Waals surface area contributed by atoms with Crippen LogP contribution < -0.4 is 11.2 Å². The zero-order chi connectivity index (χ0) is 18.8. The Kier molecular flexibility index (Phi) is 5.36. The number of aliphatic hydroxyl groups excluding tert-OH is 1. The largest absolute Gasteiger partial charge is 0.390 e. The molecule has 0 spiro atoms. The van der Waals surface area contributed by atoms with Gasteiger partial charge in [-0.1, -0.05) is 25.4 Å². The van der Waals surface area contributed by atoms with Gasteiger partial charge in [0.25, 0.3) is 5.56 Å². The number of likely N-dealkylation sites (N-methyl/N-ethyl adjacent to an activating group) is 1. The molecule has 2 heterocycles. The van der Waals surface area contributed by atoms with Crippen molar-refractivity contribution in [3.05, 3.63) is 44.1 Å². The number of halogens is 1. The van der Waals surface area contributed by atoms with Gasteiger partial charge in [-0.25, -0.2) is 9.78 Å². The third-order valence-electron chi connectivity index (χ3n) is 4.33. The van der Waals surface area contributed by atoms with Gasteiger partial charge in [0.05, 0.1) is 23.7 Å². The molecule has 1 atom stereocenters. The maximum atomic E-state index is 12.2. The molecule has 26 heavy (non-hydrogen) atoms.